The van der Waals surface area contributed by atoms with Crippen LogP contribution in [0.5, 0.6) is 5.75 Å². The molecule has 2 aliphatic heterocycles. The predicted octanol–water partition coefficient (Wildman–Crippen LogP) is 1.98. The molecule has 0 saturated carbocycles. The summed E-state index contributed by atoms with van der Waals surface area (Å²) in [6.07, 6.45) is 2.69. The molecule has 2 amide bonds. The van der Waals surface area contributed by atoms with Crippen LogP contribution in [0.15, 0.2) is 18.2 Å². The molecular weight excluding hydrogens is 318 g/mol. The second kappa shape index (κ2) is 7.14. The van der Waals surface area contributed by atoms with Gasteiger partial charge in [-0.25, -0.2) is 0 Å². The summed E-state index contributed by atoms with van der Waals surface area (Å²) in [5.41, 5.74) is 0.545. The molecule has 132 valence electrons. The van der Waals surface area contributed by atoms with E-state index in [0.29, 0.717) is 36.9 Å². The highest BCUT2D eigenvalue weighted by Gasteiger charge is 2.38. The van der Waals surface area contributed by atoms with Gasteiger partial charge in [0, 0.05) is 38.2 Å². The Bertz CT molecular complexity index is 719. The van der Waals surface area contributed by atoms with Crippen molar-refractivity contribution in [1.29, 1.82) is 5.26 Å². The Labute approximate surface area is 147 Å². The lowest BCUT2D eigenvalue weighted by molar-refractivity contribution is -0.133. The van der Waals surface area contributed by atoms with Gasteiger partial charge in [-0.2, -0.15) is 5.26 Å². The van der Waals surface area contributed by atoms with E-state index in [2.05, 4.69) is 0 Å². The number of amides is 2. The molecule has 6 nitrogen and oxygen atoms in total. The molecule has 2 saturated heterocycles. The van der Waals surface area contributed by atoms with E-state index in [4.69, 9.17) is 5.26 Å². The van der Waals surface area contributed by atoms with Crippen molar-refractivity contribution in [2.75, 3.05) is 26.2 Å². The van der Waals surface area contributed by atoms with E-state index in [9.17, 15) is 14.7 Å². The Kier molecular flexibility index (Phi) is 4.93. The normalized spacial score (nSPS) is 20.7. The molecule has 25 heavy (non-hydrogen) atoms. The minimum atomic E-state index is -0.108. The van der Waals surface area contributed by atoms with Crippen molar-refractivity contribution in [2.24, 2.45) is 11.8 Å². The van der Waals surface area contributed by atoms with Gasteiger partial charge in [0.15, 0.2) is 0 Å². The fourth-order valence-electron chi connectivity index (χ4n) is 3.76. The molecule has 2 fully saturated rings. The molecule has 1 N–H and O–H groups in total. The summed E-state index contributed by atoms with van der Waals surface area (Å²) in [5, 5.41) is 18.5. The largest absolute Gasteiger partial charge is 0.507 e. The van der Waals surface area contributed by atoms with Crippen molar-refractivity contribution in [3.63, 3.8) is 0 Å². The molecule has 6 heteroatoms. The first kappa shape index (κ1) is 17.3. The number of benzene rings is 1. The fraction of sp³-hybridized carbons (Fsp3) is 0.526. The first-order valence-electron chi connectivity index (χ1n) is 8.83. The Hall–Kier alpha value is -2.55. The number of nitrogens with zero attached hydrogens (tertiary/aromatic N) is 3. The number of likely N-dealkylation sites (tertiary alicyclic amines) is 2. The summed E-state index contributed by atoms with van der Waals surface area (Å²) in [6.45, 7) is 4.93. The summed E-state index contributed by atoms with van der Waals surface area (Å²) in [7, 11) is 0. The van der Waals surface area contributed by atoms with E-state index in [-0.39, 0.29) is 23.1 Å². The average Bonchev–Trinajstić information content (AvgIpc) is 2.60. The van der Waals surface area contributed by atoms with Crippen molar-refractivity contribution >= 4 is 11.8 Å². The number of rotatable bonds is 3. The summed E-state index contributed by atoms with van der Waals surface area (Å²) < 4.78 is 0. The molecular formula is C19H23N3O3. The number of aromatic hydroxyl groups is 1. The zero-order valence-electron chi connectivity index (χ0n) is 14.4. The number of hydrogen-bond donors (Lipinski definition) is 1. The topological polar surface area (TPSA) is 84.6 Å². The first-order valence-corrected chi connectivity index (χ1v) is 8.83. The minimum absolute atomic E-state index is 0.106. The van der Waals surface area contributed by atoms with Crippen LogP contribution in [0.2, 0.25) is 0 Å². The van der Waals surface area contributed by atoms with Crippen LogP contribution < -0.4 is 0 Å². The molecule has 0 aliphatic carbocycles. The van der Waals surface area contributed by atoms with E-state index < -0.39 is 0 Å². The van der Waals surface area contributed by atoms with Gasteiger partial charge in [0.25, 0.3) is 5.91 Å². The predicted molar refractivity (Wildman–Crippen MR) is 91.8 cm³/mol. The van der Waals surface area contributed by atoms with Crippen LogP contribution in [-0.4, -0.2) is 52.9 Å². The van der Waals surface area contributed by atoms with Gasteiger partial charge in [0.05, 0.1) is 5.56 Å². The standard InChI is InChI=1S/C19H23N3O3/c1-2-18(24)21-7-3-4-14(10-21)16-11-22(12-16)19(25)13-5-6-17(23)15(8-13)9-20/h5-6,8,14,16,23H,2-4,7,10-12H2,1H3. The van der Waals surface area contributed by atoms with Gasteiger partial charge in [-0.3, -0.25) is 9.59 Å². The fourth-order valence-corrected chi connectivity index (χ4v) is 3.76. The Morgan fingerprint density at radius 3 is 2.64 bits per heavy atom. The number of piperidine rings is 1. The molecule has 1 aromatic rings. The van der Waals surface area contributed by atoms with E-state index in [1.165, 1.54) is 12.1 Å². The Balaban J connectivity index is 1.58. The van der Waals surface area contributed by atoms with Gasteiger partial charge in [-0.15, -0.1) is 0 Å². The maximum absolute atomic E-state index is 12.5. The molecule has 0 spiro atoms. The van der Waals surface area contributed by atoms with Crippen LogP contribution in [0, 0.1) is 23.2 Å². The molecule has 0 bridgehead atoms. The Morgan fingerprint density at radius 1 is 1.24 bits per heavy atom. The van der Waals surface area contributed by atoms with Crippen LogP contribution in [0.1, 0.15) is 42.1 Å². The Morgan fingerprint density at radius 2 is 1.96 bits per heavy atom. The number of hydrogen-bond acceptors (Lipinski definition) is 4. The first-order chi connectivity index (χ1) is 12.0. The zero-order valence-corrected chi connectivity index (χ0v) is 14.4. The summed E-state index contributed by atoms with van der Waals surface area (Å²) in [4.78, 5) is 28.2. The SMILES string of the molecule is CCC(=O)N1CCCC(C2CN(C(=O)c3ccc(O)c(C#N)c3)C2)C1. The van der Waals surface area contributed by atoms with Crippen molar-refractivity contribution in [1.82, 2.24) is 9.80 Å². The van der Waals surface area contributed by atoms with E-state index in [0.717, 1.165) is 25.9 Å². The number of phenolic OH excluding ortho intramolecular Hbond substituents is 1. The van der Waals surface area contributed by atoms with E-state index in [1.807, 2.05) is 17.9 Å². The monoisotopic (exact) mass is 341 g/mol. The van der Waals surface area contributed by atoms with Gasteiger partial charge >= 0.3 is 0 Å². The van der Waals surface area contributed by atoms with Crippen molar-refractivity contribution in [2.45, 2.75) is 26.2 Å². The quantitative estimate of drug-likeness (QED) is 0.911. The minimum Gasteiger partial charge on any atom is -0.507 e. The van der Waals surface area contributed by atoms with Crippen molar-refractivity contribution in [3.05, 3.63) is 29.3 Å². The van der Waals surface area contributed by atoms with E-state index in [1.54, 1.807) is 11.0 Å². The second-order valence-electron chi connectivity index (χ2n) is 6.91. The summed E-state index contributed by atoms with van der Waals surface area (Å²) >= 11 is 0. The third kappa shape index (κ3) is 3.46. The van der Waals surface area contributed by atoms with Gasteiger partial charge in [0.2, 0.25) is 5.91 Å². The molecule has 3 rings (SSSR count). The highest BCUT2D eigenvalue weighted by molar-refractivity contribution is 5.95. The van der Waals surface area contributed by atoms with Crippen LogP contribution in [-0.2, 0) is 4.79 Å². The maximum Gasteiger partial charge on any atom is 0.253 e. The molecule has 0 radical (unpaired) electrons. The molecule has 0 aromatic heterocycles. The highest BCUT2D eigenvalue weighted by atomic mass is 16.3. The lowest BCUT2D eigenvalue weighted by atomic mass is 9.80. The van der Waals surface area contributed by atoms with Gasteiger partial charge in [0.1, 0.15) is 11.8 Å². The molecule has 2 aliphatic rings. The molecule has 1 atom stereocenters. The van der Waals surface area contributed by atoms with Crippen LogP contribution in [0.3, 0.4) is 0 Å². The lowest BCUT2D eigenvalue weighted by Crippen LogP contribution is -2.55. The highest BCUT2D eigenvalue weighted by Crippen LogP contribution is 2.32. The summed E-state index contributed by atoms with van der Waals surface area (Å²) in [5.74, 6) is 0.894. The number of phenols is 1. The maximum atomic E-state index is 12.5. The van der Waals surface area contributed by atoms with Crippen molar-refractivity contribution < 1.29 is 14.7 Å². The van der Waals surface area contributed by atoms with Crippen LogP contribution >= 0.6 is 0 Å². The number of nitriles is 1. The van der Waals surface area contributed by atoms with Gasteiger partial charge in [-0.05, 0) is 42.9 Å². The third-order valence-electron chi connectivity index (χ3n) is 5.34. The van der Waals surface area contributed by atoms with Gasteiger partial charge in [-0.1, -0.05) is 6.92 Å². The summed E-state index contributed by atoms with van der Waals surface area (Å²) in [6, 6.07) is 6.26. The molecule has 2 heterocycles. The second-order valence-corrected chi connectivity index (χ2v) is 6.91. The lowest BCUT2D eigenvalue weighted by Gasteiger charge is -2.46. The van der Waals surface area contributed by atoms with Gasteiger partial charge < -0.3 is 14.9 Å². The molecule has 1 aromatic carbocycles. The molecule has 1 unspecified atom stereocenters. The van der Waals surface area contributed by atoms with E-state index >= 15 is 0 Å². The number of carbonyl (C=O) groups is 2. The number of carbonyl (C=O) groups excluding carboxylic acids is 2. The average molecular weight is 341 g/mol. The van der Waals surface area contributed by atoms with Crippen LogP contribution in [0.25, 0.3) is 0 Å². The zero-order chi connectivity index (χ0) is 18.0. The smallest absolute Gasteiger partial charge is 0.253 e. The van der Waals surface area contributed by atoms with Crippen LogP contribution in [0.4, 0.5) is 0 Å². The van der Waals surface area contributed by atoms with Crippen molar-refractivity contribution in [3.8, 4) is 11.8 Å². The third-order valence-corrected chi connectivity index (χ3v) is 5.34.